The van der Waals surface area contributed by atoms with Crippen LogP contribution in [-0.2, 0) is 21.4 Å². The molecule has 9 heteroatoms. The van der Waals surface area contributed by atoms with Crippen LogP contribution < -0.4 is 5.14 Å². The SMILES string of the molecule is NS(=O)(=O)CCCC(=O)N1CCN(Cc2cccs2)[C@H](CCO)C1. The smallest absolute Gasteiger partial charge is 0.222 e. The average Bonchev–Trinajstić information content (AvgIpc) is 3.01. The molecule has 1 amide bonds. The Bertz CT molecular complexity index is 619. The topological polar surface area (TPSA) is 104 Å². The number of nitrogens with two attached hydrogens (primary N) is 1. The van der Waals surface area contributed by atoms with Gasteiger partial charge in [-0.2, -0.15) is 0 Å². The molecule has 0 radical (unpaired) electrons. The first-order valence-corrected chi connectivity index (χ1v) is 10.6. The maximum absolute atomic E-state index is 12.3. The molecule has 0 spiro atoms. The largest absolute Gasteiger partial charge is 0.396 e. The van der Waals surface area contributed by atoms with Crippen LogP contribution >= 0.6 is 11.3 Å². The molecule has 24 heavy (non-hydrogen) atoms. The number of piperazine rings is 1. The monoisotopic (exact) mass is 375 g/mol. The molecule has 1 atom stereocenters. The van der Waals surface area contributed by atoms with Gasteiger partial charge in [0, 0.05) is 50.1 Å². The molecule has 1 fully saturated rings. The number of nitrogens with zero attached hydrogens (tertiary/aromatic N) is 2. The highest BCUT2D eigenvalue weighted by atomic mass is 32.2. The fourth-order valence-corrected chi connectivity index (χ4v) is 4.21. The molecule has 1 aliphatic heterocycles. The van der Waals surface area contributed by atoms with Gasteiger partial charge in [0.2, 0.25) is 15.9 Å². The highest BCUT2D eigenvalue weighted by Crippen LogP contribution is 2.19. The van der Waals surface area contributed by atoms with Crippen LogP contribution in [0.4, 0.5) is 0 Å². The van der Waals surface area contributed by atoms with Crippen molar-refractivity contribution in [3.05, 3.63) is 22.4 Å². The molecule has 2 rings (SSSR count). The second kappa shape index (κ2) is 8.91. The Morgan fingerprint density at radius 1 is 1.42 bits per heavy atom. The average molecular weight is 376 g/mol. The van der Waals surface area contributed by atoms with Crippen molar-refractivity contribution in [3.8, 4) is 0 Å². The second-order valence-electron chi connectivity index (χ2n) is 6.03. The lowest BCUT2D eigenvalue weighted by molar-refractivity contribution is -0.134. The van der Waals surface area contributed by atoms with E-state index in [1.807, 2.05) is 11.4 Å². The Hall–Kier alpha value is -1.00. The standard InChI is InChI=1S/C15H25N3O4S2/c16-24(21,22)10-2-4-15(20)18-7-6-17(13(11-18)5-8-19)12-14-3-1-9-23-14/h1,3,9,13,19H,2,4-8,10-12H2,(H2,16,21,22)/t13-/m1/s1. The first kappa shape index (κ1) is 19.3. The van der Waals surface area contributed by atoms with Crippen LogP contribution in [0.1, 0.15) is 24.1 Å². The number of hydrogen-bond donors (Lipinski definition) is 2. The number of amides is 1. The third-order valence-corrected chi connectivity index (χ3v) is 5.90. The van der Waals surface area contributed by atoms with Gasteiger partial charge < -0.3 is 10.0 Å². The second-order valence-corrected chi connectivity index (χ2v) is 8.79. The Kier molecular flexibility index (Phi) is 7.17. The molecule has 1 aliphatic rings. The van der Waals surface area contributed by atoms with Crippen molar-refractivity contribution < 1.29 is 18.3 Å². The number of sulfonamides is 1. The van der Waals surface area contributed by atoms with E-state index < -0.39 is 10.0 Å². The third kappa shape index (κ3) is 6.14. The van der Waals surface area contributed by atoms with Gasteiger partial charge >= 0.3 is 0 Å². The van der Waals surface area contributed by atoms with E-state index in [1.54, 1.807) is 16.2 Å². The molecule has 1 saturated heterocycles. The molecule has 2 heterocycles. The van der Waals surface area contributed by atoms with Crippen molar-refractivity contribution >= 4 is 27.3 Å². The van der Waals surface area contributed by atoms with Crippen molar-refractivity contribution in [2.45, 2.75) is 31.8 Å². The number of aliphatic hydroxyl groups is 1. The highest BCUT2D eigenvalue weighted by Gasteiger charge is 2.29. The zero-order valence-corrected chi connectivity index (χ0v) is 15.3. The van der Waals surface area contributed by atoms with Gasteiger partial charge in [0.05, 0.1) is 5.75 Å². The number of hydrogen-bond acceptors (Lipinski definition) is 6. The van der Waals surface area contributed by atoms with E-state index in [0.717, 1.165) is 13.1 Å². The maximum Gasteiger partial charge on any atom is 0.222 e. The van der Waals surface area contributed by atoms with Crippen molar-refractivity contribution in [2.24, 2.45) is 5.14 Å². The third-order valence-electron chi connectivity index (χ3n) is 4.18. The van der Waals surface area contributed by atoms with Crippen molar-refractivity contribution in [1.82, 2.24) is 9.80 Å². The van der Waals surface area contributed by atoms with E-state index in [9.17, 15) is 18.3 Å². The lowest BCUT2D eigenvalue weighted by atomic mass is 10.1. The fraction of sp³-hybridized carbons (Fsp3) is 0.667. The lowest BCUT2D eigenvalue weighted by Crippen LogP contribution is -2.54. The molecule has 0 aromatic carbocycles. The summed E-state index contributed by atoms with van der Waals surface area (Å²) in [6, 6.07) is 4.23. The first-order valence-electron chi connectivity index (χ1n) is 8.04. The number of carbonyl (C=O) groups excluding carboxylic acids is 1. The molecule has 7 nitrogen and oxygen atoms in total. The fourth-order valence-electron chi connectivity index (χ4n) is 2.94. The van der Waals surface area contributed by atoms with Gasteiger partial charge in [-0.1, -0.05) is 6.07 Å². The summed E-state index contributed by atoms with van der Waals surface area (Å²) in [5.74, 6) is -0.214. The van der Waals surface area contributed by atoms with Crippen LogP contribution in [0.15, 0.2) is 17.5 Å². The molecule has 0 bridgehead atoms. The summed E-state index contributed by atoms with van der Waals surface area (Å²) in [6.07, 6.45) is 1.05. The molecular formula is C15H25N3O4S2. The van der Waals surface area contributed by atoms with E-state index in [1.165, 1.54) is 4.88 Å². The molecule has 0 unspecified atom stereocenters. The van der Waals surface area contributed by atoms with E-state index in [2.05, 4.69) is 11.0 Å². The number of rotatable bonds is 8. The number of carbonyl (C=O) groups is 1. The summed E-state index contributed by atoms with van der Waals surface area (Å²) >= 11 is 1.70. The molecule has 1 aromatic rings. The van der Waals surface area contributed by atoms with E-state index >= 15 is 0 Å². The molecule has 1 aromatic heterocycles. The first-order chi connectivity index (χ1) is 11.4. The lowest BCUT2D eigenvalue weighted by Gasteiger charge is -2.41. The van der Waals surface area contributed by atoms with Crippen molar-refractivity contribution in [3.63, 3.8) is 0 Å². The van der Waals surface area contributed by atoms with Crippen LogP contribution in [0, 0.1) is 0 Å². The van der Waals surface area contributed by atoms with Gasteiger partial charge in [0.15, 0.2) is 0 Å². The molecule has 3 N–H and O–H groups in total. The van der Waals surface area contributed by atoms with Crippen LogP contribution in [0.25, 0.3) is 0 Å². The summed E-state index contributed by atoms with van der Waals surface area (Å²) in [7, 11) is -3.52. The van der Waals surface area contributed by atoms with Gasteiger partial charge in [0.25, 0.3) is 0 Å². The minimum absolute atomic E-state index is 0.0441. The summed E-state index contributed by atoms with van der Waals surface area (Å²) in [5, 5.41) is 16.3. The Morgan fingerprint density at radius 3 is 2.83 bits per heavy atom. The summed E-state index contributed by atoms with van der Waals surface area (Å²) in [5.41, 5.74) is 0. The molecule has 0 saturated carbocycles. The molecular weight excluding hydrogens is 350 g/mol. The van der Waals surface area contributed by atoms with Crippen LogP contribution in [0.5, 0.6) is 0 Å². The number of thiophene rings is 1. The molecule has 136 valence electrons. The van der Waals surface area contributed by atoms with Gasteiger partial charge in [-0.25, -0.2) is 13.6 Å². The number of aliphatic hydroxyl groups excluding tert-OH is 1. The van der Waals surface area contributed by atoms with Crippen molar-refractivity contribution in [1.29, 1.82) is 0 Å². The highest BCUT2D eigenvalue weighted by molar-refractivity contribution is 7.89. The summed E-state index contributed by atoms with van der Waals surface area (Å²) < 4.78 is 21.9. The Balaban J connectivity index is 1.87. The predicted octanol–water partition coefficient (Wildman–Crippen LogP) is 0.212. The van der Waals surface area contributed by atoms with Crippen LogP contribution in [-0.4, -0.2) is 67.3 Å². The summed E-state index contributed by atoms with van der Waals surface area (Å²) in [6.45, 7) is 2.86. The van der Waals surface area contributed by atoms with Gasteiger partial charge in [-0.15, -0.1) is 11.3 Å². The van der Waals surface area contributed by atoms with Crippen LogP contribution in [0.2, 0.25) is 0 Å². The minimum Gasteiger partial charge on any atom is -0.396 e. The van der Waals surface area contributed by atoms with E-state index in [-0.39, 0.29) is 37.2 Å². The maximum atomic E-state index is 12.3. The zero-order valence-electron chi connectivity index (χ0n) is 13.6. The summed E-state index contributed by atoms with van der Waals surface area (Å²) in [4.78, 5) is 17.6. The van der Waals surface area contributed by atoms with Gasteiger partial charge in [0.1, 0.15) is 0 Å². The minimum atomic E-state index is -3.52. The van der Waals surface area contributed by atoms with Crippen LogP contribution in [0.3, 0.4) is 0 Å². The normalized spacial score (nSPS) is 19.6. The van der Waals surface area contributed by atoms with Crippen molar-refractivity contribution in [2.75, 3.05) is 32.0 Å². The van der Waals surface area contributed by atoms with E-state index in [0.29, 0.717) is 19.5 Å². The Morgan fingerprint density at radius 2 is 2.21 bits per heavy atom. The predicted molar refractivity (Wildman–Crippen MR) is 94.0 cm³/mol. The van der Waals surface area contributed by atoms with Gasteiger partial charge in [-0.3, -0.25) is 9.69 Å². The number of primary sulfonamides is 1. The quantitative estimate of drug-likeness (QED) is 0.676. The van der Waals surface area contributed by atoms with Gasteiger partial charge in [-0.05, 0) is 24.3 Å². The van der Waals surface area contributed by atoms with E-state index in [4.69, 9.17) is 5.14 Å². The molecule has 0 aliphatic carbocycles. The Labute approximate surface area is 147 Å². The zero-order chi connectivity index (χ0) is 17.6.